The topological polar surface area (TPSA) is 118 Å². The zero-order chi connectivity index (χ0) is 28.1. The minimum absolute atomic E-state index is 0.0436. The zero-order valence-corrected chi connectivity index (χ0v) is 23.6. The maximum atomic E-state index is 12.9. The van der Waals surface area contributed by atoms with E-state index in [0.717, 1.165) is 47.7 Å². The highest BCUT2D eigenvalue weighted by atomic mass is 32.1. The molecule has 2 heterocycles. The average molecular weight is 555 g/mol. The van der Waals surface area contributed by atoms with Gasteiger partial charge in [0.15, 0.2) is 5.96 Å². The number of hydrogen-bond acceptors (Lipinski definition) is 8. The third-order valence-electron chi connectivity index (χ3n) is 5.50. The van der Waals surface area contributed by atoms with Crippen LogP contribution >= 0.6 is 11.3 Å². The lowest BCUT2D eigenvalue weighted by Gasteiger charge is -2.24. The number of carbonyl (C=O) groups excluding carboxylic acids is 3. The highest BCUT2D eigenvalue weighted by Crippen LogP contribution is 2.21. The summed E-state index contributed by atoms with van der Waals surface area (Å²) in [6.07, 6.45) is 6.53. The van der Waals surface area contributed by atoms with Crippen molar-refractivity contribution in [3.8, 4) is 0 Å². The van der Waals surface area contributed by atoms with Crippen LogP contribution < -0.4 is 16.0 Å². The Kier molecular flexibility index (Phi) is 11.5. The molecule has 3 rings (SSSR count). The van der Waals surface area contributed by atoms with Crippen molar-refractivity contribution in [2.75, 3.05) is 13.1 Å². The van der Waals surface area contributed by atoms with Crippen molar-refractivity contribution in [1.82, 2.24) is 16.0 Å². The first kappa shape index (κ1) is 29.9. The molecule has 0 unspecified atom stereocenters. The molecular formula is C29H38N4O5S. The number of guanidine groups is 1. The lowest BCUT2D eigenvalue weighted by molar-refractivity contribution is -0.157. The molecule has 210 valence electrons. The number of benzene rings is 1. The summed E-state index contributed by atoms with van der Waals surface area (Å²) in [6.45, 7) is 7.03. The van der Waals surface area contributed by atoms with E-state index in [1.165, 1.54) is 11.3 Å². The van der Waals surface area contributed by atoms with E-state index in [1.54, 1.807) is 20.8 Å². The molecule has 1 aliphatic heterocycles. The summed E-state index contributed by atoms with van der Waals surface area (Å²) in [5.41, 5.74) is 0.165. The van der Waals surface area contributed by atoms with Crippen molar-refractivity contribution < 1.29 is 23.9 Å². The SMILES string of the molecule is CC(C)(C)OC(=O)[C@H](Cc1ccc(/C=C/CCCC(=O)NC2=NCCCN2)s1)NC(=O)OCc1ccccc1. The van der Waals surface area contributed by atoms with Crippen LogP contribution in [-0.2, 0) is 32.1 Å². The number of ether oxygens (including phenoxy) is 2. The smallest absolute Gasteiger partial charge is 0.408 e. The van der Waals surface area contributed by atoms with Gasteiger partial charge in [0.05, 0.1) is 0 Å². The van der Waals surface area contributed by atoms with Gasteiger partial charge in [-0.25, -0.2) is 9.59 Å². The number of carbonyl (C=O) groups is 3. The largest absolute Gasteiger partial charge is 0.458 e. The van der Waals surface area contributed by atoms with Crippen LogP contribution in [0, 0.1) is 0 Å². The molecule has 9 nitrogen and oxygen atoms in total. The highest BCUT2D eigenvalue weighted by Gasteiger charge is 2.28. The van der Waals surface area contributed by atoms with Gasteiger partial charge in [0.25, 0.3) is 0 Å². The first-order chi connectivity index (χ1) is 18.7. The summed E-state index contributed by atoms with van der Waals surface area (Å²) in [4.78, 5) is 43.6. The van der Waals surface area contributed by atoms with Gasteiger partial charge in [0, 0.05) is 35.7 Å². The normalized spacial score (nSPS) is 14.2. The minimum Gasteiger partial charge on any atom is -0.458 e. The maximum Gasteiger partial charge on any atom is 0.408 e. The molecule has 0 radical (unpaired) electrons. The van der Waals surface area contributed by atoms with Crippen molar-refractivity contribution in [3.63, 3.8) is 0 Å². The van der Waals surface area contributed by atoms with Gasteiger partial charge in [-0.1, -0.05) is 36.4 Å². The van der Waals surface area contributed by atoms with Crippen molar-refractivity contribution >= 4 is 41.3 Å². The summed E-state index contributed by atoms with van der Waals surface area (Å²) >= 11 is 1.53. The number of thiophene rings is 1. The number of alkyl carbamates (subject to hydrolysis) is 1. The number of nitrogens with zero attached hydrogens (tertiary/aromatic N) is 1. The van der Waals surface area contributed by atoms with Gasteiger partial charge in [-0.15, -0.1) is 11.3 Å². The van der Waals surface area contributed by atoms with E-state index in [-0.39, 0.29) is 18.9 Å². The monoisotopic (exact) mass is 554 g/mol. The summed E-state index contributed by atoms with van der Waals surface area (Å²) < 4.78 is 10.9. The third-order valence-corrected chi connectivity index (χ3v) is 6.57. The van der Waals surface area contributed by atoms with Crippen LogP contribution in [0.15, 0.2) is 53.5 Å². The van der Waals surface area contributed by atoms with Gasteiger partial charge in [0.1, 0.15) is 18.2 Å². The Morgan fingerprint density at radius 1 is 1.15 bits per heavy atom. The predicted molar refractivity (Wildman–Crippen MR) is 153 cm³/mol. The van der Waals surface area contributed by atoms with Crippen molar-refractivity contribution in [2.45, 2.75) is 71.1 Å². The quantitative estimate of drug-likeness (QED) is 0.277. The van der Waals surface area contributed by atoms with Crippen LogP contribution in [0.5, 0.6) is 0 Å². The lowest BCUT2D eigenvalue weighted by Crippen LogP contribution is -2.45. The molecule has 1 aromatic heterocycles. The van der Waals surface area contributed by atoms with Gasteiger partial charge in [0.2, 0.25) is 5.91 Å². The van der Waals surface area contributed by atoms with Gasteiger partial charge in [-0.2, -0.15) is 0 Å². The van der Waals surface area contributed by atoms with E-state index in [1.807, 2.05) is 54.6 Å². The number of amides is 2. The Bertz CT molecular complexity index is 1150. The van der Waals surface area contributed by atoms with Gasteiger partial charge >= 0.3 is 12.1 Å². The third kappa shape index (κ3) is 11.7. The molecule has 0 spiro atoms. The number of rotatable bonds is 11. The molecule has 0 saturated heterocycles. The number of allylic oxidation sites excluding steroid dienone is 1. The molecule has 2 amide bonds. The first-order valence-corrected chi connectivity index (χ1v) is 14.0. The standard InChI is InChI=1S/C29H38N4O5S/c1-29(2,3)38-26(35)24(32-28(36)37-20-21-11-6-4-7-12-21)19-23-16-15-22(39-23)13-8-5-9-14-25(34)33-27-30-17-10-18-31-27/h4,6-8,11-13,15-16,24H,5,9-10,14,17-20H2,1-3H3,(H,32,36)(H2,30,31,33,34)/b13-8+/t24-/m0/s1. The average Bonchev–Trinajstić information content (AvgIpc) is 3.34. The van der Waals surface area contributed by atoms with Crippen LogP contribution in [0.3, 0.4) is 0 Å². The molecule has 3 N–H and O–H groups in total. The summed E-state index contributed by atoms with van der Waals surface area (Å²) in [6, 6.07) is 12.4. The van der Waals surface area contributed by atoms with Crippen LogP contribution in [0.2, 0.25) is 0 Å². The molecule has 10 heteroatoms. The molecule has 0 fully saturated rings. The van der Waals surface area contributed by atoms with Crippen molar-refractivity contribution in [1.29, 1.82) is 0 Å². The van der Waals surface area contributed by atoms with Crippen LogP contribution in [0.4, 0.5) is 4.79 Å². The molecule has 0 aliphatic carbocycles. The van der Waals surface area contributed by atoms with E-state index < -0.39 is 23.7 Å². The Morgan fingerprint density at radius 3 is 2.67 bits per heavy atom. The summed E-state index contributed by atoms with van der Waals surface area (Å²) in [5.74, 6) is 0.00630. The van der Waals surface area contributed by atoms with E-state index in [2.05, 4.69) is 20.9 Å². The molecule has 2 aromatic rings. The van der Waals surface area contributed by atoms with Crippen molar-refractivity contribution in [2.24, 2.45) is 4.99 Å². The Balaban J connectivity index is 1.49. The minimum atomic E-state index is -0.884. The molecule has 39 heavy (non-hydrogen) atoms. The van der Waals surface area contributed by atoms with Crippen molar-refractivity contribution in [3.05, 3.63) is 63.9 Å². The lowest BCUT2D eigenvalue weighted by atomic mass is 10.1. The molecule has 0 saturated carbocycles. The molecule has 1 aromatic carbocycles. The molecule has 1 atom stereocenters. The molecular weight excluding hydrogens is 516 g/mol. The van der Waals surface area contributed by atoms with E-state index in [4.69, 9.17) is 9.47 Å². The fourth-order valence-corrected chi connectivity index (χ4v) is 4.65. The summed E-state index contributed by atoms with van der Waals surface area (Å²) in [7, 11) is 0. The molecule has 0 bridgehead atoms. The van der Waals surface area contributed by atoms with E-state index in [9.17, 15) is 14.4 Å². The predicted octanol–water partition coefficient (Wildman–Crippen LogP) is 4.58. The maximum absolute atomic E-state index is 12.9. The highest BCUT2D eigenvalue weighted by molar-refractivity contribution is 7.12. The van der Waals surface area contributed by atoms with Crippen LogP contribution in [-0.4, -0.2) is 48.7 Å². The second-order valence-corrected chi connectivity index (χ2v) is 11.4. The number of unbranched alkanes of at least 4 members (excludes halogenated alkanes) is 1. The van der Waals surface area contributed by atoms with Crippen LogP contribution in [0.25, 0.3) is 6.08 Å². The Hall–Kier alpha value is -3.66. The Morgan fingerprint density at radius 2 is 1.95 bits per heavy atom. The van der Waals surface area contributed by atoms with E-state index >= 15 is 0 Å². The van der Waals surface area contributed by atoms with Gasteiger partial charge in [-0.3, -0.25) is 15.1 Å². The number of hydrogen-bond donors (Lipinski definition) is 3. The van der Waals surface area contributed by atoms with E-state index in [0.29, 0.717) is 12.4 Å². The number of nitrogens with one attached hydrogen (secondary N) is 3. The number of aliphatic imine (C=N–C) groups is 1. The summed E-state index contributed by atoms with van der Waals surface area (Å²) in [5, 5.41) is 8.55. The number of esters is 1. The fourth-order valence-electron chi connectivity index (χ4n) is 3.66. The van der Waals surface area contributed by atoms with Crippen LogP contribution in [0.1, 0.15) is 61.8 Å². The zero-order valence-electron chi connectivity index (χ0n) is 22.8. The van der Waals surface area contributed by atoms with Gasteiger partial charge in [-0.05, 0) is 63.8 Å². The fraction of sp³-hybridized carbons (Fsp3) is 0.448. The molecule has 1 aliphatic rings. The first-order valence-electron chi connectivity index (χ1n) is 13.2. The second kappa shape index (κ2) is 15.1. The Labute approximate surface area is 234 Å². The van der Waals surface area contributed by atoms with Gasteiger partial charge < -0.3 is 20.1 Å². The second-order valence-electron chi connectivity index (χ2n) is 10.2.